The molecule has 0 unspecified atom stereocenters. The number of aryl methyl sites for hydroxylation is 1. The van der Waals surface area contributed by atoms with Crippen LogP contribution in [0.25, 0.3) is 0 Å². The molecule has 0 saturated carbocycles. The molecule has 19 heavy (non-hydrogen) atoms. The lowest BCUT2D eigenvalue weighted by molar-refractivity contribution is 0.0454. The van der Waals surface area contributed by atoms with Crippen LogP contribution in [0.2, 0.25) is 0 Å². The Bertz CT molecular complexity index is 558. The van der Waals surface area contributed by atoms with Crippen LogP contribution in [-0.4, -0.2) is 48.9 Å². The maximum absolute atomic E-state index is 12.1. The normalized spacial score (nSPS) is 15.3. The first kappa shape index (κ1) is 11.8. The molecule has 0 N–H and O–H groups in total. The van der Waals surface area contributed by atoms with E-state index in [4.69, 9.17) is 0 Å². The molecule has 1 aliphatic rings. The van der Waals surface area contributed by atoms with Crippen molar-refractivity contribution in [3.8, 4) is 0 Å². The van der Waals surface area contributed by atoms with Crippen LogP contribution in [-0.2, 0) is 6.54 Å². The Kier molecular flexibility index (Phi) is 2.94. The number of aromatic nitrogens is 5. The fraction of sp³-hybridized carbons (Fsp3) is 0.417. The van der Waals surface area contributed by atoms with Crippen LogP contribution >= 0.6 is 0 Å². The summed E-state index contributed by atoms with van der Waals surface area (Å²) in [5.41, 5.74) is 1.22. The number of amides is 1. The van der Waals surface area contributed by atoms with E-state index in [1.165, 1.54) is 6.20 Å². The van der Waals surface area contributed by atoms with Gasteiger partial charge in [-0.25, -0.2) is 4.98 Å². The largest absolute Gasteiger partial charge is 0.336 e. The Balaban J connectivity index is 1.55. The van der Waals surface area contributed by atoms with Crippen molar-refractivity contribution < 1.29 is 4.79 Å². The van der Waals surface area contributed by atoms with Crippen LogP contribution in [0.5, 0.6) is 0 Å². The third-order valence-electron chi connectivity index (χ3n) is 3.16. The minimum absolute atomic E-state index is 0.0534. The molecule has 3 heterocycles. The van der Waals surface area contributed by atoms with Crippen molar-refractivity contribution in [3.63, 3.8) is 0 Å². The Morgan fingerprint density at radius 2 is 2.21 bits per heavy atom. The highest BCUT2D eigenvalue weighted by Crippen LogP contribution is 2.19. The molecular weight excluding hydrogens is 244 g/mol. The van der Waals surface area contributed by atoms with Gasteiger partial charge in [-0.05, 0) is 6.92 Å². The average molecular weight is 258 g/mol. The second-order valence-corrected chi connectivity index (χ2v) is 4.74. The van der Waals surface area contributed by atoms with Gasteiger partial charge >= 0.3 is 0 Å². The Hall–Kier alpha value is -2.31. The van der Waals surface area contributed by atoms with Gasteiger partial charge in [0, 0.05) is 37.9 Å². The van der Waals surface area contributed by atoms with Gasteiger partial charge in [0.2, 0.25) is 0 Å². The van der Waals surface area contributed by atoms with Gasteiger partial charge in [0.25, 0.3) is 5.91 Å². The van der Waals surface area contributed by atoms with E-state index < -0.39 is 0 Å². The molecule has 0 radical (unpaired) electrons. The minimum Gasteiger partial charge on any atom is -0.336 e. The lowest BCUT2D eigenvalue weighted by Crippen LogP contribution is -2.51. The summed E-state index contributed by atoms with van der Waals surface area (Å²) < 4.78 is 1.79. The van der Waals surface area contributed by atoms with E-state index in [1.54, 1.807) is 22.0 Å². The molecule has 1 amide bonds. The van der Waals surface area contributed by atoms with E-state index in [1.807, 2.05) is 13.1 Å². The van der Waals surface area contributed by atoms with Crippen molar-refractivity contribution in [2.24, 2.45) is 5.92 Å². The van der Waals surface area contributed by atoms with E-state index in [-0.39, 0.29) is 5.91 Å². The standard InChI is InChI=1S/C12H14N6O/c1-9-4-14-11(5-13-9)12(19)17-6-10(7-17)8-18-3-2-15-16-18/h2-5,10H,6-8H2,1H3. The van der Waals surface area contributed by atoms with E-state index >= 15 is 0 Å². The lowest BCUT2D eigenvalue weighted by Gasteiger charge is -2.38. The average Bonchev–Trinajstić information content (AvgIpc) is 2.86. The summed E-state index contributed by atoms with van der Waals surface area (Å²) in [6.07, 6.45) is 6.63. The molecule has 0 spiro atoms. The summed E-state index contributed by atoms with van der Waals surface area (Å²) in [6.45, 7) is 4.10. The molecule has 3 rings (SSSR count). The fourth-order valence-corrected chi connectivity index (χ4v) is 2.11. The van der Waals surface area contributed by atoms with Crippen LogP contribution < -0.4 is 0 Å². The highest BCUT2D eigenvalue weighted by atomic mass is 16.2. The summed E-state index contributed by atoms with van der Waals surface area (Å²) in [6, 6.07) is 0. The van der Waals surface area contributed by atoms with Gasteiger partial charge in [-0.2, -0.15) is 0 Å². The number of carbonyl (C=O) groups is 1. The highest BCUT2D eigenvalue weighted by Gasteiger charge is 2.32. The topological polar surface area (TPSA) is 76.8 Å². The van der Waals surface area contributed by atoms with Gasteiger partial charge in [0.1, 0.15) is 5.69 Å². The van der Waals surface area contributed by atoms with E-state index in [9.17, 15) is 4.79 Å². The predicted molar refractivity (Wildman–Crippen MR) is 66.2 cm³/mol. The van der Waals surface area contributed by atoms with Gasteiger partial charge in [0.05, 0.1) is 18.1 Å². The number of nitrogens with zero attached hydrogens (tertiary/aromatic N) is 6. The zero-order valence-electron chi connectivity index (χ0n) is 10.6. The Morgan fingerprint density at radius 1 is 1.37 bits per heavy atom. The van der Waals surface area contributed by atoms with Crippen molar-refractivity contribution >= 4 is 5.91 Å². The van der Waals surface area contributed by atoms with Gasteiger partial charge in [-0.1, -0.05) is 5.21 Å². The number of hydrogen-bond donors (Lipinski definition) is 0. The van der Waals surface area contributed by atoms with Crippen molar-refractivity contribution in [2.45, 2.75) is 13.5 Å². The molecule has 1 fully saturated rings. The lowest BCUT2D eigenvalue weighted by atomic mass is 10.00. The van der Waals surface area contributed by atoms with E-state index in [2.05, 4.69) is 20.3 Å². The molecule has 2 aromatic rings. The van der Waals surface area contributed by atoms with E-state index in [0.29, 0.717) is 11.6 Å². The van der Waals surface area contributed by atoms with Crippen LogP contribution in [0.15, 0.2) is 24.8 Å². The Labute approximate surface area is 110 Å². The molecule has 98 valence electrons. The second-order valence-electron chi connectivity index (χ2n) is 4.74. The molecular formula is C12H14N6O. The van der Waals surface area contributed by atoms with Crippen molar-refractivity contribution in [3.05, 3.63) is 36.2 Å². The van der Waals surface area contributed by atoms with Gasteiger partial charge in [-0.3, -0.25) is 14.5 Å². The molecule has 1 saturated heterocycles. The van der Waals surface area contributed by atoms with Crippen molar-refractivity contribution in [2.75, 3.05) is 13.1 Å². The molecule has 7 nitrogen and oxygen atoms in total. The zero-order valence-corrected chi connectivity index (χ0v) is 10.6. The first-order valence-electron chi connectivity index (χ1n) is 6.14. The summed E-state index contributed by atoms with van der Waals surface area (Å²) in [5.74, 6) is 0.381. The SMILES string of the molecule is Cc1cnc(C(=O)N2CC(Cn3ccnn3)C2)cn1. The first-order valence-corrected chi connectivity index (χ1v) is 6.14. The fourth-order valence-electron chi connectivity index (χ4n) is 2.11. The van der Waals surface area contributed by atoms with Gasteiger partial charge in [0.15, 0.2) is 0 Å². The summed E-state index contributed by atoms with van der Waals surface area (Å²) in [4.78, 5) is 22.0. The third-order valence-corrected chi connectivity index (χ3v) is 3.16. The second kappa shape index (κ2) is 4.75. The number of hydrogen-bond acceptors (Lipinski definition) is 5. The van der Waals surface area contributed by atoms with Crippen LogP contribution in [0.3, 0.4) is 0 Å². The van der Waals surface area contributed by atoms with Crippen LogP contribution in [0.4, 0.5) is 0 Å². The maximum atomic E-state index is 12.1. The quantitative estimate of drug-likeness (QED) is 0.783. The summed E-state index contributed by atoms with van der Waals surface area (Å²) >= 11 is 0. The summed E-state index contributed by atoms with van der Waals surface area (Å²) in [5, 5.41) is 7.67. The number of rotatable bonds is 3. The predicted octanol–water partition coefficient (Wildman–Crippen LogP) is 0.149. The third kappa shape index (κ3) is 2.44. The zero-order chi connectivity index (χ0) is 13.2. The Morgan fingerprint density at radius 3 is 2.84 bits per heavy atom. The van der Waals surface area contributed by atoms with Crippen LogP contribution in [0, 0.1) is 12.8 Å². The van der Waals surface area contributed by atoms with Crippen molar-refractivity contribution in [1.29, 1.82) is 0 Å². The maximum Gasteiger partial charge on any atom is 0.274 e. The van der Waals surface area contributed by atoms with E-state index in [0.717, 1.165) is 25.3 Å². The van der Waals surface area contributed by atoms with Crippen molar-refractivity contribution in [1.82, 2.24) is 29.9 Å². The van der Waals surface area contributed by atoms with Crippen LogP contribution in [0.1, 0.15) is 16.2 Å². The monoisotopic (exact) mass is 258 g/mol. The molecule has 0 aliphatic carbocycles. The number of likely N-dealkylation sites (tertiary alicyclic amines) is 1. The molecule has 7 heteroatoms. The number of carbonyl (C=O) groups excluding carboxylic acids is 1. The van der Waals surface area contributed by atoms with Gasteiger partial charge < -0.3 is 4.90 Å². The molecule has 2 aromatic heterocycles. The summed E-state index contributed by atoms with van der Waals surface area (Å²) in [7, 11) is 0. The molecule has 0 bridgehead atoms. The minimum atomic E-state index is -0.0534. The van der Waals surface area contributed by atoms with Gasteiger partial charge in [-0.15, -0.1) is 5.10 Å². The molecule has 1 aliphatic heterocycles. The highest BCUT2D eigenvalue weighted by molar-refractivity contribution is 5.92. The molecule has 0 atom stereocenters. The molecule has 0 aromatic carbocycles. The smallest absolute Gasteiger partial charge is 0.274 e. The first-order chi connectivity index (χ1) is 9.22.